The molecular formula is C30H45O7S-. The first-order chi connectivity index (χ1) is 17.6. The quantitative estimate of drug-likeness (QED) is 0.176. The largest absolute Gasteiger partial charge is 0.726 e. The average Bonchev–Trinajstić information content (AvgIpc) is 3.39. The topological polar surface area (TPSA) is 110 Å². The van der Waals surface area contributed by atoms with Gasteiger partial charge in [-0.2, -0.15) is 0 Å². The van der Waals surface area contributed by atoms with Gasteiger partial charge in [-0.1, -0.05) is 26.3 Å². The minimum absolute atomic E-state index is 0.00522. The van der Waals surface area contributed by atoms with E-state index in [9.17, 15) is 22.6 Å². The molecule has 0 aromatic carbocycles. The fourth-order valence-corrected chi connectivity index (χ4v) is 11.7. The summed E-state index contributed by atoms with van der Waals surface area (Å²) in [6.07, 6.45) is 10.1. The third-order valence-corrected chi connectivity index (χ3v) is 13.2. The molecule has 5 aliphatic rings. The number of hydrogen-bond donors (Lipinski definition) is 0. The summed E-state index contributed by atoms with van der Waals surface area (Å²) < 4.78 is 44.5. The number of carbonyl (C=O) groups is 2. The highest BCUT2D eigenvalue weighted by Crippen LogP contribution is 2.88. The van der Waals surface area contributed by atoms with Crippen LogP contribution in [0.5, 0.6) is 0 Å². The lowest BCUT2D eigenvalue weighted by molar-refractivity contribution is -0.169. The molecule has 5 aliphatic carbocycles. The summed E-state index contributed by atoms with van der Waals surface area (Å²) in [5.74, 6) is 0.459. The molecule has 5 saturated carbocycles. The van der Waals surface area contributed by atoms with Crippen LogP contribution < -0.4 is 0 Å². The molecule has 0 heterocycles. The molecule has 5 fully saturated rings. The predicted octanol–water partition coefficient (Wildman–Crippen LogP) is 5.60. The number of esters is 1. The van der Waals surface area contributed by atoms with E-state index in [1.165, 1.54) is 13.5 Å². The Kier molecular flexibility index (Phi) is 6.80. The highest BCUT2D eigenvalue weighted by atomic mass is 32.3. The normalized spacial score (nSPS) is 46.0. The second-order valence-corrected chi connectivity index (χ2v) is 15.2. The second kappa shape index (κ2) is 9.13. The molecule has 8 heteroatoms. The van der Waals surface area contributed by atoms with Crippen LogP contribution in [0, 0.1) is 51.2 Å². The first-order valence-corrected chi connectivity index (χ1v) is 15.9. The number of ketones is 1. The van der Waals surface area contributed by atoms with E-state index in [1.54, 1.807) is 6.08 Å². The van der Waals surface area contributed by atoms with Crippen LogP contribution in [0.3, 0.4) is 0 Å². The Morgan fingerprint density at radius 3 is 2.34 bits per heavy atom. The van der Waals surface area contributed by atoms with Crippen molar-refractivity contribution < 1.29 is 31.5 Å². The highest BCUT2D eigenvalue weighted by molar-refractivity contribution is 7.80. The van der Waals surface area contributed by atoms with Crippen LogP contribution in [0.4, 0.5) is 0 Å². The van der Waals surface area contributed by atoms with Gasteiger partial charge in [0.05, 0.1) is 19.1 Å². The van der Waals surface area contributed by atoms with Crippen LogP contribution in [-0.4, -0.2) is 37.9 Å². The molecule has 0 saturated heterocycles. The fourth-order valence-electron chi connectivity index (χ4n) is 11.2. The summed E-state index contributed by atoms with van der Waals surface area (Å²) >= 11 is 0. The molecule has 0 amide bonds. The van der Waals surface area contributed by atoms with E-state index >= 15 is 0 Å². The molecule has 1 unspecified atom stereocenters. The van der Waals surface area contributed by atoms with E-state index in [1.807, 2.05) is 13.8 Å². The van der Waals surface area contributed by atoms with Gasteiger partial charge < -0.3 is 9.29 Å². The van der Waals surface area contributed by atoms with Gasteiger partial charge in [-0.3, -0.25) is 13.8 Å². The summed E-state index contributed by atoms with van der Waals surface area (Å²) in [5.41, 5.74) is 1.55. The number of hydrogen-bond acceptors (Lipinski definition) is 7. The summed E-state index contributed by atoms with van der Waals surface area (Å²) in [7, 11) is -3.58. The second-order valence-electron chi connectivity index (χ2n) is 14.2. The van der Waals surface area contributed by atoms with Gasteiger partial charge in [-0.15, -0.1) is 0 Å². The molecule has 5 rings (SSSR count). The van der Waals surface area contributed by atoms with Crippen molar-refractivity contribution >= 4 is 22.2 Å². The van der Waals surface area contributed by atoms with Gasteiger partial charge in [0.2, 0.25) is 10.4 Å². The van der Waals surface area contributed by atoms with E-state index in [-0.39, 0.29) is 33.4 Å². The molecule has 0 aliphatic heterocycles. The van der Waals surface area contributed by atoms with E-state index in [0.29, 0.717) is 30.6 Å². The van der Waals surface area contributed by atoms with Crippen molar-refractivity contribution in [2.24, 2.45) is 51.2 Å². The Balaban J connectivity index is 1.41. The Morgan fingerprint density at radius 2 is 1.71 bits per heavy atom. The van der Waals surface area contributed by atoms with Crippen LogP contribution in [-0.2, 0) is 28.9 Å². The zero-order valence-corrected chi connectivity index (χ0v) is 24.7. The van der Waals surface area contributed by atoms with Crippen molar-refractivity contribution in [2.45, 2.75) is 105 Å². The average molecular weight is 550 g/mol. The van der Waals surface area contributed by atoms with E-state index < -0.39 is 28.4 Å². The first-order valence-electron chi connectivity index (χ1n) is 14.5. The fraction of sp³-hybridized carbons (Fsp3) is 0.867. The van der Waals surface area contributed by atoms with Gasteiger partial charge in [0, 0.05) is 6.42 Å². The first kappa shape index (κ1) is 28.3. The maximum absolute atomic E-state index is 13.0. The summed E-state index contributed by atoms with van der Waals surface area (Å²) in [4.78, 5) is 25.6. The third kappa shape index (κ3) is 3.98. The molecule has 0 bridgehead atoms. The molecule has 0 N–H and O–H groups in total. The van der Waals surface area contributed by atoms with Crippen LogP contribution in [0.2, 0.25) is 0 Å². The maximum atomic E-state index is 13.0. The SMILES string of the molecule is COC(=O)[C@H]1C2CC[C@@H]3[C@]4(CC[C@]5(C)[C@@H]([C@H](C)CC(=O)C=C(C)C)CC[C@@]35C)C[C@]24CC[C@@H]1OS(=O)(=O)[O-]. The van der Waals surface area contributed by atoms with Crippen LogP contribution in [0.25, 0.3) is 0 Å². The lowest BCUT2D eigenvalue weighted by atomic mass is 9.42. The lowest BCUT2D eigenvalue weighted by Crippen LogP contribution is -2.57. The molecule has 0 aromatic rings. The van der Waals surface area contributed by atoms with Gasteiger partial charge >= 0.3 is 5.97 Å². The van der Waals surface area contributed by atoms with Gasteiger partial charge in [-0.05, 0) is 123 Å². The van der Waals surface area contributed by atoms with Gasteiger partial charge in [0.25, 0.3) is 0 Å². The molecule has 0 aromatic heterocycles. The maximum Gasteiger partial charge on any atom is 0.311 e. The van der Waals surface area contributed by atoms with Gasteiger partial charge in [-0.25, -0.2) is 8.42 Å². The summed E-state index contributed by atoms with van der Waals surface area (Å²) in [6.45, 7) is 11.2. The van der Waals surface area contributed by atoms with Gasteiger partial charge in [0.1, 0.15) is 0 Å². The number of ether oxygens (including phenoxy) is 1. The highest BCUT2D eigenvalue weighted by Gasteiger charge is 2.82. The molecule has 7 nitrogen and oxygen atoms in total. The number of methoxy groups -OCH3 is 1. The van der Waals surface area contributed by atoms with Crippen molar-refractivity contribution in [1.29, 1.82) is 0 Å². The molecule has 38 heavy (non-hydrogen) atoms. The zero-order valence-electron chi connectivity index (χ0n) is 23.9. The zero-order chi connectivity index (χ0) is 27.9. The Labute approximate surface area is 228 Å². The molecular weight excluding hydrogens is 504 g/mol. The van der Waals surface area contributed by atoms with Crippen molar-refractivity contribution in [3.05, 3.63) is 11.6 Å². The minimum atomic E-state index is -4.91. The number of rotatable bonds is 7. The number of allylic oxidation sites excluding steroid dienone is 2. The van der Waals surface area contributed by atoms with Crippen LogP contribution in [0.1, 0.15) is 98.8 Å². The third-order valence-electron chi connectivity index (χ3n) is 12.7. The van der Waals surface area contributed by atoms with Crippen molar-refractivity contribution in [3.8, 4) is 0 Å². The van der Waals surface area contributed by atoms with Crippen molar-refractivity contribution in [3.63, 3.8) is 0 Å². The summed E-state index contributed by atoms with van der Waals surface area (Å²) in [6, 6.07) is 0. The predicted molar refractivity (Wildman–Crippen MR) is 141 cm³/mol. The van der Waals surface area contributed by atoms with Gasteiger partial charge in [0.15, 0.2) is 5.78 Å². The Morgan fingerprint density at radius 1 is 1.00 bits per heavy atom. The van der Waals surface area contributed by atoms with Crippen LogP contribution >= 0.6 is 0 Å². The molecule has 0 radical (unpaired) electrons. The number of carbonyl (C=O) groups excluding carboxylic acids is 2. The smallest absolute Gasteiger partial charge is 0.311 e. The standard InChI is InChI=1S/C30H46O7S/c1-18(2)15-20(31)16-19(3)21-9-11-28(5)24-8-7-22-25(26(32)36-6)23(37-38(33,34)35)10-12-29(22)17-30(24,29)14-13-27(21,28)4/h15,19,21-25H,7-14,16-17H2,1-6H3,(H,33,34,35)/p-1/t19-,21-,22?,23+,24+,25+,27-,28+,29-,30+/m1/s1. The van der Waals surface area contributed by atoms with Crippen LogP contribution in [0.15, 0.2) is 11.6 Å². The van der Waals surface area contributed by atoms with Crippen molar-refractivity contribution in [2.75, 3.05) is 7.11 Å². The molecule has 214 valence electrons. The van der Waals surface area contributed by atoms with E-state index in [2.05, 4.69) is 20.8 Å². The Hall–Kier alpha value is -1.25. The number of fused-ring (bicyclic) bond motifs is 2. The van der Waals surface area contributed by atoms with Crippen molar-refractivity contribution in [1.82, 2.24) is 0 Å². The monoisotopic (exact) mass is 549 g/mol. The lowest BCUT2D eigenvalue weighted by Gasteiger charge is -2.62. The molecule has 2 spiro atoms. The minimum Gasteiger partial charge on any atom is -0.726 e. The molecule has 10 atom stereocenters. The van der Waals surface area contributed by atoms with E-state index in [4.69, 9.17) is 8.92 Å². The Bertz CT molecular complexity index is 1140. The summed E-state index contributed by atoms with van der Waals surface area (Å²) in [5, 5.41) is 0. The van der Waals surface area contributed by atoms with E-state index in [0.717, 1.165) is 50.5 Å².